The van der Waals surface area contributed by atoms with Gasteiger partial charge in [-0.1, -0.05) is 30.3 Å². The van der Waals surface area contributed by atoms with Crippen molar-refractivity contribution in [3.63, 3.8) is 0 Å². The van der Waals surface area contributed by atoms with Crippen LogP contribution in [0.1, 0.15) is 19.8 Å². The van der Waals surface area contributed by atoms with Crippen molar-refractivity contribution in [2.75, 3.05) is 18.9 Å². The molecule has 5 nitrogen and oxygen atoms in total. The Labute approximate surface area is 142 Å². The number of hydrogen-bond acceptors (Lipinski definition) is 3. The Morgan fingerprint density at radius 2 is 1.88 bits per heavy atom. The number of nitrogens with zero attached hydrogens (tertiary/aromatic N) is 1. The summed E-state index contributed by atoms with van der Waals surface area (Å²) < 4.78 is 0. The Morgan fingerprint density at radius 1 is 1.17 bits per heavy atom. The smallest absolute Gasteiger partial charge is 0.241 e. The van der Waals surface area contributed by atoms with Crippen molar-refractivity contribution >= 4 is 28.3 Å². The maximum absolute atomic E-state index is 12.4. The number of carbonyl (C=O) groups is 2. The first kappa shape index (κ1) is 16.5. The first-order valence-electron chi connectivity index (χ1n) is 8.32. The average molecular weight is 325 g/mol. The molecule has 5 heteroatoms. The van der Waals surface area contributed by atoms with Gasteiger partial charge in [-0.2, -0.15) is 0 Å². The largest absolute Gasteiger partial charge is 0.352 e. The highest BCUT2D eigenvalue weighted by Crippen LogP contribution is 2.20. The summed E-state index contributed by atoms with van der Waals surface area (Å²) in [5, 5.41) is 8.08. The SMILES string of the molecule is C[C@@H](C(=O)Nc1ccc2ccccc2c1)N(C)CC(=O)NC1CC1. The van der Waals surface area contributed by atoms with Crippen LogP contribution < -0.4 is 10.6 Å². The van der Waals surface area contributed by atoms with Crippen LogP contribution in [0.2, 0.25) is 0 Å². The molecule has 0 radical (unpaired) electrons. The van der Waals surface area contributed by atoms with Crippen LogP contribution in [0, 0.1) is 0 Å². The van der Waals surface area contributed by atoms with Crippen LogP contribution in [-0.4, -0.2) is 42.4 Å². The third kappa shape index (κ3) is 4.11. The molecule has 3 rings (SSSR count). The van der Waals surface area contributed by atoms with Crippen molar-refractivity contribution in [1.82, 2.24) is 10.2 Å². The number of nitrogens with one attached hydrogen (secondary N) is 2. The molecule has 0 aromatic heterocycles. The van der Waals surface area contributed by atoms with Gasteiger partial charge >= 0.3 is 0 Å². The predicted molar refractivity (Wildman–Crippen MR) is 95.8 cm³/mol. The number of benzene rings is 2. The first-order valence-corrected chi connectivity index (χ1v) is 8.32. The van der Waals surface area contributed by atoms with Crippen molar-refractivity contribution < 1.29 is 9.59 Å². The zero-order valence-corrected chi connectivity index (χ0v) is 14.1. The van der Waals surface area contributed by atoms with Crippen LogP contribution >= 0.6 is 0 Å². The molecule has 0 aliphatic heterocycles. The summed E-state index contributed by atoms with van der Waals surface area (Å²) in [5.74, 6) is -0.141. The average Bonchev–Trinajstić information content (AvgIpc) is 3.37. The van der Waals surface area contributed by atoms with Crippen LogP contribution in [-0.2, 0) is 9.59 Å². The molecule has 2 aromatic carbocycles. The quantitative estimate of drug-likeness (QED) is 0.857. The zero-order valence-electron chi connectivity index (χ0n) is 14.1. The van der Waals surface area contributed by atoms with Gasteiger partial charge in [0.05, 0.1) is 12.6 Å². The number of anilines is 1. The first-order chi connectivity index (χ1) is 11.5. The second-order valence-electron chi connectivity index (χ2n) is 6.48. The zero-order chi connectivity index (χ0) is 17.1. The van der Waals surface area contributed by atoms with E-state index in [-0.39, 0.29) is 24.4 Å². The number of likely N-dealkylation sites (N-methyl/N-ethyl adjacent to an activating group) is 1. The standard InChI is InChI=1S/C19H23N3O2/c1-13(22(2)12-18(23)20-16-9-10-16)19(24)21-17-8-7-14-5-3-4-6-15(14)11-17/h3-8,11,13,16H,9-10,12H2,1-2H3,(H,20,23)(H,21,24)/t13-/m0/s1. The summed E-state index contributed by atoms with van der Waals surface area (Å²) in [4.78, 5) is 26.0. The van der Waals surface area contributed by atoms with E-state index in [1.165, 1.54) is 0 Å². The van der Waals surface area contributed by atoms with E-state index in [2.05, 4.69) is 10.6 Å². The Kier molecular flexibility index (Phi) is 4.81. The molecule has 1 aliphatic carbocycles. The summed E-state index contributed by atoms with van der Waals surface area (Å²) in [5.41, 5.74) is 0.765. The Hall–Kier alpha value is -2.40. The maximum Gasteiger partial charge on any atom is 0.241 e. The van der Waals surface area contributed by atoms with Gasteiger partial charge in [0.2, 0.25) is 11.8 Å². The van der Waals surface area contributed by atoms with Crippen molar-refractivity contribution in [2.24, 2.45) is 0 Å². The van der Waals surface area contributed by atoms with Crippen molar-refractivity contribution in [1.29, 1.82) is 0 Å². The fraction of sp³-hybridized carbons (Fsp3) is 0.368. The normalized spacial score (nSPS) is 15.3. The summed E-state index contributed by atoms with van der Waals surface area (Å²) in [6.07, 6.45) is 2.13. The van der Waals surface area contributed by atoms with Gasteiger partial charge < -0.3 is 10.6 Å². The van der Waals surface area contributed by atoms with E-state index in [1.54, 1.807) is 18.9 Å². The number of rotatable bonds is 6. The molecule has 0 unspecified atom stereocenters. The van der Waals surface area contributed by atoms with Crippen LogP contribution in [0.4, 0.5) is 5.69 Å². The van der Waals surface area contributed by atoms with E-state index in [4.69, 9.17) is 0 Å². The van der Waals surface area contributed by atoms with Crippen molar-refractivity contribution in [3.8, 4) is 0 Å². The third-order valence-corrected chi connectivity index (χ3v) is 4.39. The Balaban J connectivity index is 1.58. The molecule has 2 amide bonds. The van der Waals surface area contributed by atoms with Crippen LogP contribution in [0.15, 0.2) is 42.5 Å². The predicted octanol–water partition coefficient (Wildman–Crippen LogP) is 2.38. The molecular weight excluding hydrogens is 302 g/mol. The van der Waals surface area contributed by atoms with E-state index >= 15 is 0 Å². The van der Waals surface area contributed by atoms with Gasteiger partial charge in [0, 0.05) is 11.7 Å². The van der Waals surface area contributed by atoms with E-state index in [9.17, 15) is 9.59 Å². The highest BCUT2D eigenvalue weighted by atomic mass is 16.2. The monoisotopic (exact) mass is 325 g/mol. The highest BCUT2D eigenvalue weighted by Gasteiger charge is 2.25. The summed E-state index contributed by atoms with van der Waals surface area (Å²) >= 11 is 0. The number of amides is 2. The lowest BCUT2D eigenvalue weighted by atomic mass is 10.1. The maximum atomic E-state index is 12.4. The summed E-state index contributed by atoms with van der Waals surface area (Å²) in [7, 11) is 1.79. The molecule has 1 atom stereocenters. The van der Waals surface area contributed by atoms with Crippen molar-refractivity contribution in [2.45, 2.75) is 31.8 Å². The molecule has 0 bridgehead atoms. The molecule has 2 aromatic rings. The molecule has 0 saturated heterocycles. The minimum Gasteiger partial charge on any atom is -0.352 e. The summed E-state index contributed by atoms with van der Waals surface area (Å²) in [6, 6.07) is 13.8. The number of hydrogen-bond donors (Lipinski definition) is 2. The molecule has 2 N–H and O–H groups in total. The lowest BCUT2D eigenvalue weighted by Crippen LogP contribution is -2.45. The Morgan fingerprint density at radius 3 is 2.58 bits per heavy atom. The van der Waals surface area contributed by atoms with Gasteiger partial charge in [0.15, 0.2) is 0 Å². The van der Waals surface area contributed by atoms with Gasteiger partial charge in [-0.15, -0.1) is 0 Å². The van der Waals surface area contributed by atoms with Gasteiger partial charge in [0.25, 0.3) is 0 Å². The second-order valence-corrected chi connectivity index (χ2v) is 6.48. The molecule has 126 valence electrons. The lowest BCUT2D eigenvalue weighted by molar-refractivity contribution is -0.124. The summed E-state index contributed by atoms with van der Waals surface area (Å²) in [6.45, 7) is 2.03. The van der Waals surface area contributed by atoms with Gasteiger partial charge in [0.1, 0.15) is 0 Å². The minimum absolute atomic E-state index is 0.0228. The van der Waals surface area contributed by atoms with Gasteiger partial charge in [-0.05, 0) is 49.7 Å². The Bertz CT molecular complexity index is 755. The number of carbonyl (C=O) groups excluding carboxylic acids is 2. The van der Waals surface area contributed by atoms with Crippen LogP contribution in [0.3, 0.4) is 0 Å². The topological polar surface area (TPSA) is 61.4 Å². The van der Waals surface area contributed by atoms with E-state index in [0.29, 0.717) is 6.04 Å². The molecule has 1 saturated carbocycles. The molecule has 0 spiro atoms. The van der Waals surface area contributed by atoms with Crippen LogP contribution in [0.5, 0.6) is 0 Å². The van der Waals surface area contributed by atoms with Crippen LogP contribution in [0.25, 0.3) is 10.8 Å². The molecule has 1 aliphatic rings. The van der Waals surface area contributed by atoms with E-state index in [1.807, 2.05) is 42.5 Å². The lowest BCUT2D eigenvalue weighted by Gasteiger charge is -2.23. The van der Waals surface area contributed by atoms with Gasteiger partial charge in [-0.25, -0.2) is 0 Å². The third-order valence-electron chi connectivity index (χ3n) is 4.39. The van der Waals surface area contributed by atoms with E-state index in [0.717, 1.165) is 29.3 Å². The van der Waals surface area contributed by atoms with Gasteiger partial charge in [-0.3, -0.25) is 14.5 Å². The highest BCUT2D eigenvalue weighted by molar-refractivity contribution is 5.97. The fourth-order valence-corrected chi connectivity index (χ4v) is 2.58. The number of fused-ring (bicyclic) bond motifs is 1. The molecule has 0 heterocycles. The second kappa shape index (κ2) is 7.01. The molecular formula is C19H23N3O2. The minimum atomic E-state index is -0.388. The van der Waals surface area contributed by atoms with E-state index < -0.39 is 0 Å². The molecule has 24 heavy (non-hydrogen) atoms. The fourth-order valence-electron chi connectivity index (χ4n) is 2.58. The molecule has 1 fully saturated rings. The van der Waals surface area contributed by atoms with Crippen molar-refractivity contribution in [3.05, 3.63) is 42.5 Å².